The molecule has 0 aliphatic rings. The van der Waals surface area contributed by atoms with Gasteiger partial charge in [-0.25, -0.2) is 0 Å². The highest BCUT2D eigenvalue weighted by Gasteiger charge is 2.38. The average molecular weight is 178 g/mol. The number of rotatable bonds is 2. The molecule has 0 rings (SSSR count). The molecule has 62 valence electrons. The van der Waals surface area contributed by atoms with E-state index in [0.29, 0.717) is 6.92 Å². The second-order valence-electron chi connectivity index (χ2n) is 1.54. The molecule has 10 heavy (non-hydrogen) atoms. The van der Waals surface area contributed by atoms with E-state index in [4.69, 9.17) is 9.79 Å². The summed E-state index contributed by atoms with van der Waals surface area (Å²) in [5, 5.41) is 0. The molecule has 0 bridgehead atoms. The molecule has 0 fully saturated rings. The quantitative estimate of drug-likeness (QED) is 0.624. The van der Waals surface area contributed by atoms with Crippen LogP contribution in [0.3, 0.4) is 0 Å². The molecule has 0 saturated heterocycles. The van der Waals surface area contributed by atoms with E-state index in [-0.39, 0.29) is 0 Å². The second-order valence-corrected chi connectivity index (χ2v) is 2.26. The largest absolute Gasteiger partial charge is 0.414 e. The van der Waals surface area contributed by atoms with E-state index >= 15 is 0 Å². The predicted octanol–water partition coefficient (Wildman–Crippen LogP) is 1.17. The van der Waals surface area contributed by atoms with Gasteiger partial charge in [-0.15, -0.1) is 0 Å². The lowest BCUT2D eigenvalue weighted by atomic mass is 10.4. The van der Waals surface area contributed by atoms with Gasteiger partial charge in [-0.2, -0.15) is 13.2 Å². The fourth-order valence-corrected chi connectivity index (χ4v) is 0.604. The maximum atomic E-state index is 11.5. The van der Waals surface area contributed by atoms with Crippen LogP contribution in [-0.4, -0.2) is 22.1 Å². The maximum absolute atomic E-state index is 11.5. The Morgan fingerprint density at radius 1 is 1.40 bits per heavy atom. The molecule has 0 saturated carbocycles. The fourth-order valence-electron chi connectivity index (χ4n) is 0.201. The van der Waals surface area contributed by atoms with Gasteiger partial charge in [0.05, 0.1) is 0 Å². The third-order valence-electron chi connectivity index (χ3n) is 0.713. The highest BCUT2D eigenvalue weighted by molar-refractivity contribution is 7.39. The predicted molar refractivity (Wildman–Crippen MR) is 28.0 cm³/mol. The Balaban J connectivity index is 3.73. The van der Waals surface area contributed by atoms with Crippen molar-refractivity contribution in [1.82, 2.24) is 0 Å². The van der Waals surface area contributed by atoms with Crippen molar-refractivity contribution >= 4 is 8.60 Å². The van der Waals surface area contributed by atoms with Crippen molar-refractivity contribution in [2.75, 3.05) is 0 Å². The molecule has 0 aliphatic heterocycles. The van der Waals surface area contributed by atoms with Gasteiger partial charge < -0.3 is 9.79 Å². The van der Waals surface area contributed by atoms with Gasteiger partial charge in [-0.1, -0.05) is 0 Å². The Bertz CT molecular complexity index is 104. The van der Waals surface area contributed by atoms with Gasteiger partial charge >= 0.3 is 14.8 Å². The lowest BCUT2D eigenvalue weighted by Crippen LogP contribution is -2.26. The van der Waals surface area contributed by atoms with Crippen LogP contribution in [0.15, 0.2) is 0 Å². The van der Waals surface area contributed by atoms with E-state index < -0.39 is 20.9 Å². The van der Waals surface area contributed by atoms with Crippen LogP contribution < -0.4 is 0 Å². The minimum absolute atomic E-state index is 0.696. The van der Waals surface area contributed by atoms with Crippen LogP contribution in [0.25, 0.3) is 0 Å². The number of hydrogen-bond acceptors (Lipinski definition) is 3. The van der Waals surface area contributed by atoms with Crippen molar-refractivity contribution in [1.29, 1.82) is 0 Å². The van der Waals surface area contributed by atoms with Crippen molar-refractivity contribution in [3.05, 3.63) is 0 Å². The molecule has 0 aromatic rings. The Kier molecular flexibility index (Phi) is 3.51. The van der Waals surface area contributed by atoms with Crippen LogP contribution in [0.5, 0.6) is 0 Å². The molecule has 0 aliphatic carbocycles. The molecule has 7 heteroatoms. The lowest BCUT2D eigenvalue weighted by molar-refractivity contribution is -0.190. The Morgan fingerprint density at radius 2 is 1.80 bits per heavy atom. The zero-order valence-electron chi connectivity index (χ0n) is 4.96. The fraction of sp³-hybridized carbons (Fsp3) is 1.00. The summed E-state index contributed by atoms with van der Waals surface area (Å²) in [6.45, 7) is 0.696. The zero-order valence-corrected chi connectivity index (χ0v) is 5.86. The van der Waals surface area contributed by atoms with E-state index in [1.54, 1.807) is 0 Å². The van der Waals surface area contributed by atoms with E-state index in [1.807, 2.05) is 0 Å². The van der Waals surface area contributed by atoms with Crippen LogP contribution in [0.4, 0.5) is 13.2 Å². The molecule has 0 amide bonds. The lowest BCUT2D eigenvalue weighted by Gasteiger charge is -2.15. The standard InChI is InChI=1S/C3H6F3O3P/c1-2(3(4,5)6)9-10(7)8/h2,7-8H,1H3. The zero-order chi connectivity index (χ0) is 8.36. The molecule has 3 nitrogen and oxygen atoms in total. The molecular formula is C3H6F3O3P. The van der Waals surface area contributed by atoms with Crippen molar-refractivity contribution < 1.29 is 27.5 Å². The highest BCUT2D eigenvalue weighted by Crippen LogP contribution is 2.33. The topological polar surface area (TPSA) is 49.7 Å². The summed E-state index contributed by atoms with van der Waals surface area (Å²) >= 11 is 0. The molecule has 0 spiro atoms. The van der Waals surface area contributed by atoms with Gasteiger partial charge in [0.2, 0.25) is 0 Å². The summed E-state index contributed by atoms with van der Waals surface area (Å²) in [5.74, 6) is 0. The maximum Gasteiger partial charge on any atom is 0.414 e. The third-order valence-corrected chi connectivity index (χ3v) is 1.22. The Labute approximate surface area is 56.4 Å². The van der Waals surface area contributed by atoms with Crippen molar-refractivity contribution in [3.8, 4) is 0 Å². The van der Waals surface area contributed by atoms with E-state index in [2.05, 4.69) is 4.52 Å². The summed E-state index contributed by atoms with van der Waals surface area (Å²) < 4.78 is 38.1. The Hall–Kier alpha value is 0.100. The van der Waals surface area contributed by atoms with E-state index in [9.17, 15) is 13.2 Å². The molecule has 0 heterocycles. The van der Waals surface area contributed by atoms with E-state index in [1.165, 1.54) is 0 Å². The van der Waals surface area contributed by atoms with E-state index in [0.717, 1.165) is 0 Å². The van der Waals surface area contributed by atoms with Gasteiger partial charge in [-0.3, -0.25) is 4.52 Å². The summed E-state index contributed by atoms with van der Waals surface area (Å²) in [5.41, 5.74) is 0. The molecule has 1 atom stereocenters. The average Bonchev–Trinajstić information content (AvgIpc) is 1.60. The van der Waals surface area contributed by atoms with Crippen molar-refractivity contribution in [2.24, 2.45) is 0 Å². The minimum Gasteiger partial charge on any atom is -0.328 e. The van der Waals surface area contributed by atoms with Crippen LogP contribution >= 0.6 is 8.60 Å². The van der Waals surface area contributed by atoms with Crippen molar-refractivity contribution in [2.45, 2.75) is 19.2 Å². The summed E-state index contributed by atoms with van der Waals surface area (Å²) in [7, 11) is -2.92. The van der Waals surface area contributed by atoms with Crippen LogP contribution in [0.1, 0.15) is 6.92 Å². The van der Waals surface area contributed by atoms with Crippen LogP contribution in [-0.2, 0) is 4.52 Å². The summed E-state index contributed by atoms with van der Waals surface area (Å²) in [6, 6.07) is 0. The monoisotopic (exact) mass is 178 g/mol. The minimum atomic E-state index is -4.54. The summed E-state index contributed by atoms with van der Waals surface area (Å²) in [6.07, 6.45) is -6.67. The molecular weight excluding hydrogens is 172 g/mol. The van der Waals surface area contributed by atoms with Gasteiger partial charge in [0.25, 0.3) is 0 Å². The third kappa shape index (κ3) is 4.00. The summed E-state index contributed by atoms with van der Waals surface area (Å²) in [4.78, 5) is 16.0. The molecule has 0 radical (unpaired) electrons. The second kappa shape index (κ2) is 3.48. The number of halogens is 3. The number of hydrogen-bond donors (Lipinski definition) is 2. The first kappa shape index (κ1) is 10.1. The molecule has 1 unspecified atom stereocenters. The first-order valence-corrected chi connectivity index (χ1v) is 3.42. The molecule has 2 N–H and O–H groups in total. The Morgan fingerprint density at radius 3 is 1.90 bits per heavy atom. The molecule has 0 aromatic heterocycles. The smallest absolute Gasteiger partial charge is 0.328 e. The first-order valence-electron chi connectivity index (χ1n) is 2.25. The normalized spacial score (nSPS) is 15.9. The van der Waals surface area contributed by atoms with Gasteiger partial charge in [-0.05, 0) is 6.92 Å². The van der Waals surface area contributed by atoms with Crippen LogP contribution in [0, 0.1) is 0 Å². The highest BCUT2D eigenvalue weighted by atomic mass is 31.2. The van der Waals surface area contributed by atoms with Gasteiger partial charge in [0.15, 0.2) is 6.10 Å². The molecule has 0 aromatic carbocycles. The SMILES string of the molecule is CC(OP(O)O)C(F)(F)F. The van der Waals surface area contributed by atoms with Gasteiger partial charge in [0.1, 0.15) is 0 Å². The van der Waals surface area contributed by atoms with Crippen molar-refractivity contribution in [3.63, 3.8) is 0 Å². The van der Waals surface area contributed by atoms with Gasteiger partial charge in [0, 0.05) is 0 Å². The van der Waals surface area contributed by atoms with Crippen LogP contribution in [0.2, 0.25) is 0 Å². The number of alkyl halides is 3. The first-order chi connectivity index (χ1) is 4.34.